The Morgan fingerprint density at radius 2 is 2.20 bits per heavy atom. The molecule has 1 fully saturated rings. The molecule has 4 heteroatoms. The van der Waals surface area contributed by atoms with Gasteiger partial charge in [-0.05, 0) is 56.5 Å². The van der Waals surface area contributed by atoms with E-state index < -0.39 is 0 Å². The molecular weight excluding hydrogens is 252 g/mol. The second-order valence-corrected chi connectivity index (χ2v) is 5.27. The van der Waals surface area contributed by atoms with E-state index in [4.69, 9.17) is 4.74 Å². The summed E-state index contributed by atoms with van der Waals surface area (Å²) < 4.78 is 5.39. The van der Waals surface area contributed by atoms with E-state index in [2.05, 4.69) is 10.6 Å². The van der Waals surface area contributed by atoms with Crippen LogP contribution in [0.15, 0.2) is 24.3 Å². The molecule has 110 valence electrons. The lowest BCUT2D eigenvalue weighted by Crippen LogP contribution is -2.38. The van der Waals surface area contributed by atoms with Gasteiger partial charge in [0.2, 0.25) is 5.91 Å². The van der Waals surface area contributed by atoms with Crippen LogP contribution in [0.5, 0.6) is 5.75 Å². The molecule has 1 unspecified atom stereocenters. The van der Waals surface area contributed by atoms with Crippen LogP contribution in [0.2, 0.25) is 0 Å². The van der Waals surface area contributed by atoms with E-state index in [-0.39, 0.29) is 5.91 Å². The van der Waals surface area contributed by atoms with Crippen molar-refractivity contribution in [3.63, 3.8) is 0 Å². The van der Waals surface area contributed by atoms with E-state index in [1.165, 1.54) is 12.8 Å². The smallest absolute Gasteiger partial charge is 0.224 e. The first-order chi connectivity index (χ1) is 9.78. The molecule has 20 heavy (non-hydrogen) atoms. The van der Waals surface area contributed by atoms with Crippen molar-refractivity contribution in [2.24, 2.45) is 5.92 Å². The van der Waals surface area contributed by atoms with Crippen LogP contribution in [0.1, 0.15) is 25.3 Å². The monoisotopic (exact) mass is 276 g/mol. The number of hydrogen-bond donors (Lipinski definition) is 2. The first-order valence-corrected chi connectivity index (χ1v) is 7.47. The molecule has 4 nitrogen and oxygen atoms in total. The lowest BCUT2D eigenvalue weighted by molar-refractivity contribution is -0.120. The number of benzene rings is 1. The van der Waals surface area contributed by atoms with Crippen LogP contribution in [-0.4, -0.2) is 32.1 Å². The van der Waals surface area contributed by atoms with Crippen LogP contribution >= 0.6 is 0 Å². The number of rotatable bonds is 6. The van der Waals surface area contributed by atoms with Gasteiger partial charge in [-0.2, -0.15) is 0 Å². The molecule has 1 aromatic rings. The molecule has 0 spiro atoms. The highest BCUT2D eigenvalue weighted by Crippen LogP contribution is 2.12. The molecule has 0 aliphatic carbocycles. The summed E-state index contributed by atoms with van der Waals surface area (Å²) >= 11 is 0. The number of nitrogens with one attached hydrogen (secondary N) is 2. The van der Waals surface area contributed by atoms with Crippen LogP contribution in [-0.2, 0) is 11.2 Å². The molecule has 1 aliphatic heterocycles. The fraction of sp³-hybridized carbons (Fsp3) is 0.562. The summed E-state index contributed by atoms with van der Waals surface area (Å²) in [7, 11) is 0. The molecule has 1 atom stereocenters. The minimum Gasteiger partial charge on any atom is -0.494 e. The van der Waals surface area contributed by atoms with Crippen LogP contribution < -0.4 is 15.4 Å². The maximum absolute atomic E-state index is 11.9. The van der Waals surface area contributed by atoms with Gasteiger partial charge in [0, 0.05) is 6.54 Å². The summed E-state index contributed by atoms with van der Waals surface area (Å²) in [5.74, 6) is 1.53. The summed E-state index contributed by atoms with van der Waals surface area (Å²) in [5, 5.41) is 6.39. The highest BCUT2D eigenvalue weighted by atomic mass is 16.5. The zero-order valence-corrected chi connectivity index (χ0v) is 12.2. The Kier molecular flexibility index (Phi) is 5.87. The largest absolute Gasteiger partial charge is 0.494 e. The van der Waals surface area contributed by atoms with Gasteiger partial charge in [-0.15, -0.1) is 0 Å². The van der Waals surface area contributed by atoms with Crippen molar-refractivity contribution in [1.82, 2.24) is 10.6 Å². The average molecular weight is 276 g/mol. The van der Waals surface area contributed by atoms with E-state index in [1.54, 1.807) is 0 Å². The van der Waals surface area contributed by atoms with Gasteiger partial charge in [0.25, 0.3) is 0 Å². The van der Waals surface area contributed by atoms with Crippen molar-refractivity contribution in [3.05, 3.63) is 29.8 Å². The number of piperidine rings is 1. The summed E-state index contributed by atoms with van der Waals surface area (Å²) in [4.78, 5) is 11.9. The van der Waals surface area contributed by atoms with Crippen LogP contribution in [0.4, 0.5) is 0 Å². The van der Waals surface area contributed by atoms with Gasteiger partial charge in [0.1, 0.15) is 5.75 Å². The quantitative estimate of drug-likeness (QED) is 0.832. The third-order valence-corrected chi connectivity index (χ3v) is 3.59. The lowest BCUT2D eigenvalue weighted by atomic mass is 10.00. The van der Waals surface area contributed by atoms with Crippen LogP contribution in [0, 0.1) is 5.92 Å². The van der Waals surface area contributed by atoms with Crippen molar-refractivity contribution in [2.75, 3.05) is 26.2 Å². The van der Waals surface area contributed by atoms with E-state index in [0.29, 0.717) is 18.9 Å². The average Bonchev–Trinajstić information content (AvgIpc) is 2.49. The minimum absolute atomic E-state index is 0.0970. The molecule has 0 radical (unpaired) electrons. The highest BCUT2D eigenvalue weighted by molar-refractivity contribution is 5.78. The van der Waals surface area contributed by atoms with Crippen molar-refractivity contribution in [1.29, 1.82) is 0 Å². The van der Waals surface area contributed by atoms with Gasteiger partial charge in [0.15, 0.2) is 0 Å². The molecule has 1 aromatic carbocycles. The Hall–Kier alpha value is -1.55. The SMILES string of the molecule is CCOc1ccc(CC(=O)NCC2CCCNC2)cc1. The van der Waals surface area contributed by atoms with Crippen molar-refractivity contribution < 1.29 is 9.53 Å². The fourth-order valence-corrected chi connectivity index (χ4v) is 2.47. The van der Waals surface area contributed by atoms with Gasteiger partial charge in [-0.25, -0.2) is 0 Å². The lowest BCUT2D eigenvalue weighted by Gasteiger charge is -2.22. The summed E-state index contributed by atoms with van der Waals surface area (Å²) in [6, 6.07) is 7.73. The molecule has 0 bridgehead atoms. The summed E-state index contributed by atoms with van der Waals surface area (Å²) in [6.07, 6.45) is 2.85. The Morgan fingerprint density at radius 1 is 1.40 bits per heavy atom. The van der Waals surface area contributed by atoms with Crippen molar-refractivity contribution in [3.8, 4) is 5.75 Å². The van der Waals surface area contributed by atoms with Crippen LogP contribution in [0.3, 0.4) is 0 Å². The standard InChI is InChI=1S/C16H24N2O2/c1-2-20-15-7-5-13(6-8-15)10-16(19)18-12-14-4-3-9-17-11-14/h5-8,14,17H,2-4,9-12H2,1H3,(H,18,19). The molecule has 1 aliphatic rings. The predicted octanol–water partition coefficient (Wildman–Crippen LogP) is 1.74. The van der Waals surface area contributed by atoms with Gasteiger partial charge in [0.05, 0.1) is 13.0 Å². The predicted molar refractivity (Wildman–Crippen MR) is 79.9 cm³/mol. The minimum atomic E-state index is 0.0970. The molecule has 1 amide bonds. The maximum Gasteiger partial charge on any atom is 0.224 e. The van der Waals surface area contributed by atoms with Crippen molar-refractivity contribution >= 4 is 5.91 Å². The van der Waals surface area contributed by atoms with Crippen LogP contribution in [0.25, 0.3) is 0 Å². The number of hydrogen-bond acceptors (Lipinski definition) is 3. The zero-order valence-electron chi connectivity index (χ0n) is 12.2. The molecule has 0 saturated carbocycles. The normalized spacial score (nSPS) is 18.6. The summed E-state index contributed by atoms with van der Waals surface area (Å²) in [5.41, 5.74) is 1.02. The fourth-order valence-electron chi connectivity index (χ4n) is 2.47. The zero-order chi connectivity index (χ0) is 14.2. The van der Waals surface area contributed by atoms with E-state index >= 15 is 0 Å². The third kappa shape index (κ3) is 4.85. The highest BCUT2D eigenvalue weighted by Gasteiger charge is 2.13. The first kappa shape index (κ1) is 14.9. The molecular formula is C16H24N2O2. The number of amides is 1. The van der Waals surface area contributed by atoms with Crippen molar-refractivity contribution in [2.45, 2.75) is 26.2 Å². The number of ether oxygens (including phenoxy) is 1. The van der Waals surface area contributed by atoms with Gasteiger partial charge in [-0.3, -0.25) is 4.79 Å². The molecule has 2 rings (SSSR count). The van der Waals surface area contributed by atoms with E-state index in [9.17, 15) is 4.79 Å². The Bertz CT molecular complexity index is 411. The van der Waals surface area contributed by atoms with E-state index in [0.717, 1.165) is 30.9 Å². The number of carbonyl (C=O) groups excluding carboxylic acids is 1. The Balaban J connectivity index is 1.73. The van der Waals surface area contributed by atoms with Gasteiger partial charge >= 0.3 is 0 Å². The topological polar surface area (TPSA) is 50.4 Å². The van der Waals surface area contributed by atoms with Gasteiger partial charge < -0.3 is 15.4 Å². The Morgan fingerprint density at radius 3 is 2.85 bits per heavy atom. The molecule has 1 heterocycles. The van der Waals surface area contributed by atoms with E-state index in [1.807, 2.05) is 31.2 Å². The molecule has 1 saturated heterocycles. The molecule has 0 aromatic heterocycles. The summed E-state index contributed by atoms with van der Waals surface area (Å²) in [6.45, 7) is 5.53. The second-order valence-electron chi connectivity index (χ2n) is 5.27. The third-order valence-electron chi connectivity index (χ3n) is 3.59. The second kappa shape index (κ2) is 7.90. The van der Waals surface area contributed by atoms with Gasteiger partial charge in [-0.1, -0.05) is 12.1 Å². The Labute approximate surface area is 120 Å². The number of carbonyl (C=O) groups is 1. The maximum atomic E-state index is 11.9. The molecule has 2 N–H and O–H groups in total. The first-order valence-electron chi connectivity index (χ1n) is 7.47.